The topological polar surface area (TPSA) is 60.2 Å². The third kappa shape index (κ3) is 4.30. The highest BCUT2D eigenvalue weighted by atomic mass is 16.5. The average Bonchev–Trinajstić information content (AvgIpc) is 2.99. The average molecular weight is 358 g/mol. The van der Waals surface area contributed by atoms with Crippen molar-refractivity contribution in [2.45, 2.75) is 53.5 Å². The molecular weight excluding hydrogens is 328 g/mol. The molecule has 0 atom stereocenters. The van der Waals surface area contributed by atoms with Crippen molar-refractivity contribution >= 4 is 5.91 Å². The van der Waals surface area contributed by atoms with Gasteiger partial charge < -0.3 is 9.64 Å². The number of aryl methyl sites for hydroxylation is 3. The van der Waals surface area contributed by atoms with Crippen molar-refractivity contribution in [3.63, 3.8) is 0 Å². The molecule has 2 aromatic rings. The molecule has 0 aliphatic heterocycles. The zero-order valence-corrected chi connectivity index (χ0v) is 16.7. The van der Waals surface area contributed by atoms with E-state index < -0.39 is 0 Å². The Labute approximate surface area is 156 Å². The molecule has 1 heterocycles. The Kier molecular flexibility index (Phi) is 6.91. The fourth-order valence-corrected chi connectivity index (χ4v) is 3.22. The van der Waals surface area contributed by atoms with E-state index in [0.717, 1.165) is 24.1 Å². The smallest absolute Gasteiger partial charge is 0.276 e. The zero-order chi connectivity index (χ0) is 19.3. The first-order valence-corrected chi connectivity index (χ1v) is 9.24. The summed E-state index contributed by atoms with van der Waals surface area (Å²) >= 11 is 0. The van der Waals surface area contributed by atoms with Crippen LogP contribution in [0.25, 0.3) is 5.69 Å². The molecule has 0 N–H and O–H groups in total. The number of carbonyl (C=O) groups is 1. The van der Waals surface area contributed by atoms with E-state index in [1.165, 1.54) is 5.56 Å². The Morgan fingerprint density at radius 2 is 1.88 bits per heavy atom. The van der Waals surface area contributed by atoms with Gasteiger partial charge in [0.1, 0.15) is 0 Å². The van der Waals surface area contributed by atoms with E-state index in [4.69, 9.17) is 4.74 Å². The van der Waals surface area contributed by atoms with Crippen molar-refractivity contribution in [3.05, 3.63) is 40.7 Å². The van der Waals surface area contributed by atoms with E-state index in [-0.39, 0.29) is 11.9 Å². The lowest BCUT2D eigenvalue weighted by Gasteiger charge is -2.29. The van der Waals surface area contributed by atoms with Crippen molar-refractivity contribution < 1.29 is 9.53 Å². The first-order chi connectivity index (χ1) is 12.4. The van der Waals surface area contributed by atoms with E-state index in [0.29, 0.717) is 24.5 Å². The molecule has 2 rings (SSSR count). The molecule has 0 saturated heterocycles. The van der Waals surface area contributed by atoms with Gasteiger partial charge in [0.15, 0.2) is 5.69 Å². The van der Waals surface area contributed by atoms with Gasteiger partial charge in [-0.1, -0.05) is 31.5 Å². The Hall–Kier alpha value is -2.21. The quantitative estimate of drug-likeness (QED) is 0.725. The lowest BCUT2D eigenvalue weighted by Crippen LogP contribution is -2.42. The van der Waals surface area contributed by atoms with Crippen LogP contribution in [0.2, 0.25) is 0 Å². The van der Waals surface area contributed by atoms with Crippen LogP contribution in [0.1, 0.15) is 54.0 Å². The lowest BCUT2D eigenvalue weighted by atomic mass is 10.1. The van der Waals surface area contributed by atoms with E-state index in [1.54, 1.807) is 11.9 Å². The molecule has 0 aliphatic rings. The molecule has 0 unspecified atom stereocenters. The largest absolute Gasteiger partial charge is 0.383 e. The first-order valence-electron chi connectivity index (χ1n) is 9.24. The summed E-state index contributed by atoms with van der Waals surface area (Å²) in [5.74, 6) is -0.0794. The van der Waals surface area contributed by atoms with Gasteiger partial charge in [-0.2, -0.15) is 9.90 Å². The van der Waals surface area contributed by atoms with Gasteiger partial charge in [-0.05, 0) is 45.2 Å². The molecule has 6 heteroatoms. The fourth-order valence-electron chi connectivity index (χ4n) is 3.22. The van der Waals surface area contributed by atoms with E-state index >= 15 is 0 Å². The van der Waals surface area contributed by atoms with Gasteiger partial charge in [-0.15, -0.1) is 5.10 Å². The van der Waals surface area contributed by atoms with Crippen LogP contribution < -0.4 is 0 Å². The second-order valence-corrected chi connectivity index (χ2v) is 6.68. The molecule has 1 amide bonds. The number of benzene rings is 1. The van der Waals surface area contributed by atoms with Gasteiger partial charge in [-0.25, -0.2) is 0 Å². The first kappa shape index (κ1) is 20.1. The molecule has 0 radical (unpaired) electrons. The lowest BCUT2D eigenvalue weighted by molar-refractivity contribution is 0.0582. The molecular formula is C20H30N4O2. The molecule has 142 valence electrons. The van der Waals surface area contributed by atoms with E-state index in [9.17, 15) is 4.79 Å². The van der Waals surface area contributed by atoms with Crippen molar-refractivity contribution in [2.24, 2.45) is 0 Å². The Morgan fingerprint density at radius 3 is 2.46 bits per heavy atom. The minimum Gasteiger partial charge on any atom is -0.383 e. The van der Waals surface area contributed by atoms with Crippen LogP contribution in [-0.2, 0) is 4.74 Å². The number of hydrogen-bond donors (Lipinski definition) is 0. The second-order valence-electron chi connectivity index (χ2n) is 6.68. The molecule has 0 fully saturated rings. The SMILES string of the molecule is CCC(CC)N(CCOC)C(=O)c1nn(-c2ccc(C)cc2C)nc1C. The molecule has 26 heavy (non-hydrogen) atoms. The summed E-state index contributed by atoms with van der Waals surface area (Å²) in [6.07, 6.45) is 1.80. The number of carbonyl (C=O) groups excluding carboxylic acids is 1. The molecule has 0 bridgehead atoms. The zero-order valence-electron chi connectivity index (χ0n) is 16.7. The molecule has 0 saturated carbocycles. The van der Waals surface area contributed by atoms with Crippen LogP contribution in [0, 0.1) is 20.8 Å². The van der Waals surface area contributed by atoms with Crippen LogP contribution in [0.4, 0.5) is 0 Å². The highest BCUT2D eigenvalue weighted by molar-refractivity contribution is 5.93. The molecule has 0 aliphatic carbocycles. The highest BCUT2D eigenvalue weighted by Crippen LogP contribution is 2.18. The summed E-state index contributed by atoms with van der Waals surface area (Å²) in [4.78, 5) is 16.6. The van der Waals surface area contributed by atoms with Crippen molar-refractivity contribution in [2.75, 3.05) is 20.3 Å². The van der Waals surface area contributed by atoms with Crippen LogP contribution in [0.15, 0.2) is 18.2 Å². The summed E-state index contributed by atoms with van der Waals surface area (Å²) in [5, 5.41) is 9.02. The summed E-state index contributed by atoms with van der Waals surface area (Å²) in [6, 6.07) is 6.27. The third-order valence-electron chi connectivity index (χ3n) is 4.73. The fraction of sp³-hybridized carbons (Fsp3) is 0.550. The van der Waals surface area contributed by atoms with Gasteiger partial charge in [0, 0.05) is 19.7 Å². The van der Waals surface area contributed by atoms with Gasteiger partial charge in [-0.3, -0.25) is 4.79 Å². The van der Waals surface area contributed by atoms with E-state index in [2.05, 4.69) is 37.0 Å². The number of ether oxygens (including phenoxy) is 1. The predicted octanol–water partition coefficient (Wildman–Crippen LogP) is 3.47. The van der Waals surface area contributed by atoms with Crippen molar-refractivity contribution in [1.29, 1.82) is 0 Å². The number of hydrogen-bond acceptors (Lipinski definition) is 4. The van der Waals surface area contributed by atoms with Gasteiger partial charge in [0.05, 0.1) is 18.0 Å². The molecule has 6 nitrogen and oxygen atoms in total. The number of rotatable bonds is 8. The van der Waals surface area contributed by atoms with Crippen LogP contribution in [0.5, 0.6) is 0 Å². The second kappa shape index (κ2) is 8.94. The normalized spacial score (nSPS) is 11.2. The van der Waals surface area contributed by atoms with Crippen LogP contribution in [0.3, 0.4) is 0 Å². The minimum absolute atomic E-state index is 0.0794. The number of amides is 1. The summed E-state index contributed by atoms with van der Waals surface area (Å²) < 4.78 is 5.19. The maximum atomic E-state index is 13.2. The number of aromatic nitrogens is 3. The van der Waals surface area contributed by atoms with Gasteiger partial charge >= 0.3 is 0 Å². The summed E-state index contributed by atoms with van der Waals surface area (Å²) in [5.41, 5.74) is 4.21. The Morgan fingerprint density at radius 1 is 1.19 bits per heavy atom. The van der Waals surface area contributed by atoms with Gasteiger partial charge in [0.25, 0.3) is 5.91 Å². The monoisotopic (exact) mass is 358 g/mol. The third-order valence-corrected chi connectivity index (χ3v) is 4.73. The maximum absolute atomic E-state index is 13.2. The van der Waals surface area contributed by atoms with Crippen LogP contribution in [-0.4, -0.2) is 52.1 Å². The van der Waals surface area contributed by atoms with Crippen LogP contribution >= 0.6 is 0 Å². The molecule has 1 aromatic carbocycles. The van der Waals surface area contributed by atoms with Crippen molar-refractivity contribution in [3.8, 4) is 5.69 Å². The highest BCUT2D eigenvalue weighted by Gasteiger charge is 2.26. The number of nitrogens with zero attached hydrogens (tertiary/aromatic N) is 4. The standard InChI is InChI=1S/C20H30N4O2/c1-7-17(8-2)23(11-12-26-6)20(25)19-16(5)21-24(22-19)18-10-9-14(3)13-15(18)4/h9-10,13,17H,7-8,11-12H2,1-6H3. The molecule has 0 spiro atoms. The summed E-state index contributed by atoms with van der Waals surface area (Å²) in [6.45, 7) is 11.2. The Bertz CT molecular complexity index is 750. The maximum Gasteiger partial charge on any atom is 0.276 e. The number of methoxy groups -OCH3 is 1. The Balaban J connectivity index is 2.37. The van der Waals surface area contributed by atoms with Crippen molar-refractivity contribution in [1.82, 2.24) is 19.9 Å². The molecule has 1 aromatic heterocycles. The van der Waals surface area contributed by atoms with E-state index in [1.807, 2.05) is 30.9 Å². The van der Waals surface area contributed by atoms with Gasteiger partial charge in [0.2, 0.25) is 0 Å². The summed E-state index contributed by atoms with van der Waals surface area (Å²) in [7, 11) is 1.65. The predicted molar refractivity (Wildman–Crippen MR) is 103 cm³/mol. The minimum atomic E-state index is -0.0794.